The number of unbranched alkanes of at least 4 members (excludes halogenated alkanes) is 1. The fourth-order valence-corrected chi connectivity index (χ4v) is 11.5. The van der Waals surface area contributed by atoms with Crippen LogP contribution in [0.5, 0.6) is 5.75 Å². The number of aromatic nitrogens is 5. The Morgan fingerprint density at radius 3 is 2.43 bits per heavy atom. The molecule has 3 aliphatic heterocycles. The Morgan fingerprint density at radius 1 is 0.919 bits per heavy atom. The first-order chi connectivity index (χ1) is 41.5. The van der Waals surface area contributed by atoms with Crippen LogP contribution in [0.25, 0.3) is 22.3 Å². The molecule has 86 heavy (non-hydrogen) atoms. The Hall–Kier alpha value is -8.62. The summed E-state index contributed by atoms with van der Waals surface area (Å²) >= 11 is 0. The highest BCUT2D eigenvalue weighted by Gasteiger charge is 2.51. The van der Waals surface area contributed by atoms with E-state index in [0.29, 0.717) is 85.6 Å². The number of hydrogen-bond acceptors (Lipinski definition) is 19. The molecule has 1 saturated heterocycles. The maximum atomic E-state index is 14.1. The molecule has 1 aliphatic carbocycles. The van der Waals surface area contributed by atoms with Crippen molar-refractivity contribution < 1.29 is 67.1 Å². The van der Waals surface area contributed by atoms with Gasteiger partial charge >= 0.3 is 12.1 Å². The van der Waals surface area contributed by atoms with Gasteiger partial charge in [0.15, 0.2) is 0 Å². The topological polar surface area (TPSA) is 346 Å². The van der Waals surface area contributed by atoms with Crippen LogP contribution in [0.15, 0.2) is 59.5 Å². The third kappa shape index (κ3) is 14.4. The first kappa shape index (κ1) is 61.9. The highest BCUT2D eigenvalue weighted by Crippen LogP contribution is 2.43. The number of likely N-dealkylation sites (tertiary alicyclic amines) is 1. The molecule has 458 valence electrons. The van der Waals surface area contributed by atoms with E-state index in [1.807, 2.05) is 6.92 Å². The van der Waals surface area contributed by atoms with E-state index >= 15 is 0 Å². The number of nitrogens with two attached hydrogens (primary N) is 1. The van der Waals surface area contributed by atoms with E-state index in [4.69, 9.17) is 34.4 Å². The third-order valence-electron chi connectivity index (χ3n) is 16.2. The Balaban J connectivity index is 0.666. The molecule has 6 amide bonds. The summed E-state index contributed by atoms with van der Waals surface area (Å²) in [5, 5.41) is 30.3. The van der Waals surface area contributed by atoms with Gasteiger partial charge < -0.3 is 60.4 Å². The van der Waals surface area contributed by atoms with Crippen LogP contribution >= 0.6 is 0 Å². The molecule has 3 aromatic heterocycles. The number of rotatable bonds is 27. The summed E-state index contributed by atoms with van der Waals surface area (Å²) in [6.45, 7) is 6.11. The number of hydrogen-bond donors (Lipinski definition) is 6. The number of imide groups is 1. The van der Waals surface area contributed by atoms with Gasteiger partial charge in [0, 0.05) is 53.5 Å². The number of phenolic OH excluding ortho intramolecular Hbond substituents is 1. The highest BCUT2D eigenvalue weighted by atomic mass is 16.7. The average Bonchev–Trinajstić information content (AvgIpc) is 1.48. The van der Waals surface area contributed by atoms with E-state index in [-0.39, 0.29) is 118 Å². The number of aromatic hydroxyl groups is 1. The van der Waals surface area contributed by atoms with Gasteiger partial charge in [0.1, 0.15) is 43.9 Å². The van der Waals surface area contributed by atoms with Crippen LogP contribution < -0.4 is 32.6 Å². The van der Waals surface area contributed by atoms with Crippen LogP contribution in [0.4, 0.5) is 10.5 Å². The molecule has 26 heteroatoms. The predicted octanol–water partition coefficient (Wildman–Crippen LogP) is 3.52. The van der Waals surface area contributed by atoms with Crippen molar-refractivity contribution in [3.63, 3.8) is 0 Å². The van der Waals surface area contributed by atoms with Gasteiger partial charge in [-0.2, -0.15) is 0 Å². The minimum Gasteiger partial charge on any atom is -0.508 e. The van der Waals surface area contributed by atoms with E-state index in [1.54, 1.807) is 71.8 Å². The molecule has 3 unspecified atom stereocenters. The molecule has 5 aromatic rings. The molecule has 1 saturated carbocycles. The van der Waals surface area contributed by atoms with Crippen molar-refractivity contribution in [2.45, 2.75) is 129 Å². The lowest BCUT2D eigenvalue weighted by atomic mass is 9.81. The molecule has 0 spiro atoms. The molecule has 7 N–H and O–H groups in total. The largest absolute Gasteiger partial charge is 0.510 e. The Bertz CT molecular complexity index is 3430. The smallest absolute Gasteiger partial charge is 0.508 e. The SMILES string of the molecule is CCc1c2c(nc3ccc(O)cc13)-c1cc3c(c(=O)n1C2)COC(=O)C3(CC)OC(=O)OCc1ccc(NC(=O)C(CCCCN)NC(=O)COCC(=O)NCCOCCn2cc(CNC(=O)C3CCC(CN4C(=O)CC(C)C4=O)CC3)nn2)cc1. The number of benzene rings is 2. The number of phenols is 1. The summed E-state index contributed by atoms with van der Waals surface area (Å²) in [6, 6.07) is 11.9. The standard InChI is InChI=1S/C60H73N11O15/c1-4-42-43-25-41(72)17-18-47(43)66-53-44(42)30-70-49(53)26-46-45(57(70)79)32-84-58(80)60(46,5-2)86-59(81)85-31-37-11-15-39(16-12-37)64-55(77)48(8-6-7-19-61)65-51(74)34-83-33-50(73)62-20-22-82-23-21-69-29-40(67-68-69)27-63-54(76)38-13-9-36(10-14-38)28-71-52(75)24-35(3)56(71)78/h11-12,15-18,25-26,29,35-36,38,48,72H,4-10,13-14,19-24,27-28,30-34,61H2,1-3H3,(H,62,73)(H,63,76)(H,64,77)(H,65,74). The number of nitrogens with zero attached hydrogens (tertiary/aromatic N) is 6. The monoisotopic (exact) mass is 1190 g/mol. The zero-order chi connectivity index (χ0) is 61.1. The first-order valence-corrected chi connectivity index (χ1v) is 29.3. The Kier molecular flexibility index (Phi) is 20.2. The Labute approximate surface area is 495 Å². The number of cyclic esters (lactones) is 1. The van der Waals surface area contributed by atoms with Gasteiger partial charge in [-0.3, -0.25) is 38.5 Å². The quantitative estimate of drug-likeness (QED) is 0.0244. The highest BCUT2D eigenvalue weighted by molar-refractivity contribution is 6.03. The van der Waals surface area contributed by atoms with Crippen LogP contribution in [0.2, 0.25) is 0 Å². The second-order valence-corrected chi connectivity index (χ2v) is 22.1. The molecule has 9 rings (SSSR count). The molecule has 2 aromatic carbocycles. The van der Waals surface area contributed by atoms with Crippen molar-refractivity contribution in [1.82, 2.24) is 45.4 Å². The minimum absolute atomic E-state index is 0.0633. The maximum absolute atomic E-state index is 14.1. The normalized spacial score (nSPS) is 19.0. The second-order valence-electron chi connectivity index (χ2n) is 22.1. The van der Waals surface area contributed by atoms with Gasteiger partial charge in [-0.05, 0) is 118 Å². The van der Waals surface area contributed by atoms with Crippen LogP contribution in [-0.2, 0) is 102 Å². The fraction of sp³-hybridized carbons (Fsp3) is 0.500. The molecule has 0 radical (unpaired) electrons. The number of amides is 6. The summed E-state index contributed by atoms with van der Waals surface area (Å²) in [5.74, 6) is -2.87. The van der Waals surface area contributed by atoms with Gasteiger partial charge in [0.2, 0.25) is 41.0 Å². The lowest BCUT2D eigenvalue weighted by Crippen LogP contribution is -2.47. The second kappa shape index (κ2) is 28.1. The van der Waals surface area contributed by atoms with Gasteiger partial charge in [0.25, 0.3) is 5.56 Å². The van der Waals surface area contributed by atoms with Crippen molar-refractivity contribution in [3.8, 4) is 17.1 Å². The van der Waals surface area contributed by atoms with Crippen molar-refractivity contribution in [1.29, 1.82) is 0 Å². The summed E-state index contributed by atoms with van der Waals surface area (Å²) in [6.07, 6.45) is 5.62. The molecule has 26 nitrogen and oxygen atoms in total. The number of ether oxygens (including phenoxy) is 5. The molecule has 0 bridgehead atoms. The molecular formula is C60H73N11O15. The van der Waals surface area contributed by atoms with Crippen molar-refractivity contribution in [2.75, 3.05) is 51.4 Å². The summed E-state index contributed by atoms with van der Waals surface area (Å²) < 4.78 is 30.9. The number of fused-ring (bicyclic) bond motifs is 5. The maximum Gasteiger partial charge on any atom is 0.510 e. The number of nitrogens with one attached hydrogen (secondary N) is 4. The molecule has 4 aliphatic rings. The fourth-order valence-electron chi connectivity index (χ4n) is 11.5. The molecule has 3 atom stereocenters. The summed E-state index contributed by atoms with van der Waals surface area (Å²) in [7, 11) is 0. The predicted molar refractivity (Wildman–Crippen MR) is 307 cm³/mol. The number of anilines is 1. The van der Waals surface area contributed by atoms with Crippen molar-refractivity contribution >= 4 is 64.2 Å². The molecule has 6 heterocycles. The zero-order valence-corrected chi connectivity index (χ0v) is 48.5. The van der Waals surface area contributed by atoms with Crippen molar-refractivity contribution in [3.05, 3.63) is 98.6 Å². The molecular weight excluding hydrogens is 1110 g/mol. The van der Waals surface area contributed by atoms with E-state index in [9.17, 15) is 48.3 Å². The number of aryl methyl sites for hydroxylation is 1. The van der Waals surface area contributed by atoms with E-state index in [1.165, 1.54) is 11.0 Å². The van der Waals surface area contributed by atoms with E-state index in [2.05, 4.69) is 31.6 Å². The van der Waals surface area contributed by atoms with Gasteiger partial charge in [-0.1, -0.05) is 38.1 Å². The number of pyridine rings is 2. The zero-order valence-electron chi connectivity index (χ0n) is 48.5. The number of esters is 1. The van der Waals surface area contributed by atoms with Crippen LogP contribution in [0.3, 0.4) is 0 Å². The van der Waals surface area contributed by atoms with E-state index < -0.39 is 60.3 Å². The van der Waals surface area contributed by atoms with Crippen LogP contribution in [0, 0.1) is 17.8 Å². The van der Waals surface area contributed by atoms with Crippen LogP contribution in [-0.4, -0.2) is 134 Å². The number of carbonyl (C=O) groups is 8. The lowest BCUT2D eigenvalue weighted by molar-refractivity contribution is -0.175. The minimum atomic E-state index is -2.01. The first-order valence-electron chi connectivity index (χ1n) is 29.3. The third-order valence-corrected chi connectivity index (χ3v) is 16.2. The Morgan fingerprint density at radius 2 is 1.70 bits per heavy atom. The molecule has 2 fully saturated rings. The summed E-state index contributed by atoms with van der Waals surface area (Å²) in [4.78, 5) is 124. The van der Waals surface area contributed by atoms with Crippen molar-refractivity contribution in [2.24, 2.45) is 23.5 Å². The lowest BCUT2D eigenvalue weighted by Gasteiger charge is -2.35. The average molecular weight is 1190 g/mol. The summed E-state index contributed by atoms with van der Waals surface area (Å²) in [5.41, 5.74) is 8.45. The van der Waals surface area contributed by atoms with E-state index in [0.717, 1.165) is 29.4 Å². The van der Waals surface area contributed by atoms with Gasteiger partial charge in [0.05, 0.1) is 61.5 Å². The van der Waals surface area contributed by atoms with Gasteiger partial charge in [-0.15, -0.1) is 5.10 Å². The van der Waals surface area contributed by atoms with Crippen LogP contribution in [0.1, 0.15) is 112 Å². The number of carbonyl (C=O) groups excluding carboxylic acids is 8. The van der Waals surface area contributed by atoms with Gasteiger partial charge in [-0.25, -0.2) is 19.3 Å².